The minimum absolute atomic E-state index is 0.0453. The number of aliphatic hydroxyl groups excluding tert-OH is 1. The number of aliphatic hydroxyl groups is 1. The van der Waals surface area contributed by atoms with E-state index in [1.807, 2.05) is 0 Å². The number of halogens is 1. The Balaban J connectivity index is 2.39. The molecule has 1 fully saturated rings. The molecular formula is C14H24ClN3O. The first-order chi connectivity index (χ1) is 8.82. The van der Waals surface area contributed by atoms with Crippen molar-refractivity contribution in [3.63, 3.8) is 0 Å². The van der Waals surface area contributed by atoms with Crippen molar-refractivity contribution in [3.8, 4) is 0 Å². The molecule has 0 radical (unpaired) electrons. The molecular weight excluding hydrogens is 262 g/mol. The highest BCUT2D eigenvalue weighted by Crippen LogP contribution is 2.37. The van der Waals surface area contributed by atoms with E-state index in [2.05, 4.69) is 25.9 Å². The molecule has 2 rings (SSSR count). The lowest BCUT2D eigenvalue weighted by Gasteiger charge is -2.22. The van der Waals surface area contributed by atoms with Gasteiger partial charge in [0.05, 0.1) is 17.8 Å². The van der Waals surface area contributed by atoms with Crippen molar-refractivity contribution in [2.24, 2.45) is 0 Å². The molecule has 3 N–H and O–H groups in total. The van der Waals surface area contributed by atoms with E-state index in [1.54, 1.807) is 4.68 Å². The Morgan fingerprint density at radius 1 is 1.26 bits per heavy atom. The van der Waals surface area contributed by atoms with Crippen molar-refractivity contribution in [3.05, 3.63) is 10.7 Å². The van der Waals surface area contributed by atoms with Crippen molar-refractivity contribution in [2.45, 2.75) is 70.4 Å². The fourth-order valence-electron chi connectivity index (χ4n) is 2.71. The van der Waals surface area contributed by atoms with E-state index in [4.69, 9.17) is 17.3 Å². The van der Waals surface area contributed by atoms with Crippen LogP contribution in [0.15, 0.2) is 0 Å². The first-order valence-corrected chi connectivity index (χ1v) is 7.42. The van der Waals surface area contributed by atoms with Gasteiger partial charge >= 0.3 is 0 Å². The second-order valence-electron chi connectivity index (χ2n) is 6.52. The predicted octanol–water partition coefficient (Wildman–Crippen LogP) is 3.28. The Labute approximate surface area is 119 Å². The Morgan fingerprint density at radius 2 is 1.89 bits per heavy atom. The van der Waals surface area contributed by atoms with E-state index in [0.717, 1.165) is 37.8 Å². The Morgan fingerprint density at radius 3 is 2.47 bits per heavy atom. The fourth-order valence-corrected chi connectivity index (χ4v) is 3.12. The number of nitrogens with zero attached hydrogens (tertiary/aromatic N) is 2. The van der Waals surface area contributed by atoms with E-state index in [9.17, 15) is 5.11 Å². The smallest absolute Gasteiger partial charge is 0.141 e. The molecule has 4 nitrogen and oxygen atoms in total. The van der Waals surface area contributed by atoms with Crippen LogP contribution in [-0.4, -0.2) is 21.0 Å². The molecule has 0 aliphatic heterocycles. The lowest BCUT2D eigenvalue weighted by atomic mass is 9.92. The third-order valence-corrected chi connectivity index (χ3v) is 4.23. The third kappa shape index (κ3) is 2.90. The van der Waals surface area contributed by atoms with Gasteiger partial charge in [-0.3, -0.25) is 0 Å². The van der Waals surface area contributed by atoms with Gasteiger partial charge in [0.25, 0.3) is 0 Å². The quantitative estimate of drug-likeness (QED) is 0.778. The van der Waals surface area contributed by atoms with Crippen molar-refractivity contribution in [1.29, 1.82) is 0 Å². The van der Waals surface area contributed by atoms with Crippen LogP contribution in [0.25, 0.3) is 0 Å². The highest BCUT2D eigenvalue weighted by Gasteiger charge is 2.30. The van der Waals surface area contributed by atoms with Gasteiger partial charge < -0.3 is 10.8 Å². The summed E-state index contributed by atoms with van der Waals surface area (Å²) in [5, 5.41) is 15.4. The molecule has 2 atom stereocenters. The number of anilines is 1. The number of hydrogen-bond acceptors (Lipinski definition) is 3. The lowest BCUT2D eigenvalue weighted by molar-refractivity contribution is 0.0997. The van der Waals surface area contributed by atoms with Crippen molar-refractivity contribution >= 4 is 17.4 Å². The summed E-state index contributed by atoms with van der Waals surface area (Å²) >= 11 is 6.32. The standard InChI is InChI=1S/C14H24ClN3O/c1-14(2,3)12-11(15)13(16)18(17-12)9-7-5-4-6-8-10(9)19/h9-10,19H,4-8,16H2,1-3H3. The Hall–Kier alpha value is -0.740. The molecule has 5 heteroatoms. The lowest BCUT2D eigenvalue weighted by Crippen LogP contribution is -2.25. The monoisotopic (exact) mass is 285 g/mol. The van der Waals surface area contributed by atoms with Crippen LogP contribution in [0.5, 0.6) is 0 Å². The molecule has 1 heterocycles. The largest absolute Gasteiger partial charge is 0.391 e. The van der Waals surface area contributed by atoms with Gasteiger partial charge in [0.15, 0.2) is 0 Å². The van der Waals surface area contributed by atoms with Gasteiger partial charge in [-0.2, -0.15) is 5.10 Å². The van der Waals surface area contributed by atoms with Crippen LogP contribution in [0.4, 0.5) is 5.82 Å². The minimum atomic E-state index is -0.381. The summed E-state index contributed by atoms with van der Waals surface area (Å²) in [5.41, 5.74) is 6.76. The molecule has 0 spiro atoms. The van der Waals surface area contributed by atoms with Gasteiger partial charge in [0.1, 0.15) is 10.8 Å². The maximum absolute atomic E-state index is 10.3. The zero-order valence-corrected chi connectivity index (χ0v) is 12.7. The molecule has 1 aromatic rings. The van der Waals surface area contributed by atoms with Crippen molar-refractivity contribution < 1.29 is 5.11 Å². The van der Waals surface area contributed by atoms with Crippen LogP contribution < -0.4 is 5.73 Å². The zero-order valence-electron chi connectivity index (χ0n) is 12.0. The van der Waals surface area contributed by atoms with Crippen molar-refractivity contribution in [1.82, 2.24) is 9.78 Å². The third-order valence-electron chi connectivity index (χ3n) is 3.86. The Kier molecular flexibility index (Phi) is 4.11. The van der Waals surface area contributed by atoms with Gasteiger partial charge in [-0.05, 0) is 12.8 Å². The second-order valence-corrected chi connectivity index (χ2v) is 6.89. The van der Waals surface area contributed by atoms with Crippen molar-refractivity contribution in [2.75, 3.05) is 5.73 Å². The fraction of sp³-hybridized carbons (Fsp3) is 0.786. The van der Waals surface area contributed by atoms with Crippen LogP contribution in [0.2, 0.25) is 5.02 Å². The summed E-state index contributed by atoms with van der Waals surface area (Å²) in [7, 11) is 0. The van der Waals surface area contributed by atoms with Crippen LogP contribution in [0.3, 0.4) is 0 Å². The van der Waals surface area contributed by atoms with Crippen LogP contribution in [0, 0.1) is 0 Å². The summed E-state index contributed by atoms with van der Waals surface area (Å²) in [6.07, 6.45) is 4.67. The molecule has 0 bridgehead atoms. The highest BCUT2D eigenvalue weighted by atomic mass is 35.5. The first kappa shape index (κ1) is 14.7. The molecule has 0 aromatic carbocycles. The Bertz CT molecular complexity index is 450. The number of hydrogen-bond donors (Lipinski definition) is 2. The summed E-state index contributed by atoms with van der Waals surface area (Å²) < 4.78 is 1.75. The second kappa shape index (κ2) is 5.33. The summed E-state index contributed by atoms with van der Waals surface area (Å²) in [4.78, 5) is 0. The highest BCUT2D eigenvalue weighted by molar-refractivity contribution is 6.33. The minimum Gasteiger partial charge on any atom is -0.391 e. The topological polar surface area (TPSA) is 64.1 Å². The number of nitrogens with two attached hydrogens (primary N) is 1. The zero-order chi connectivity index (χ0) is 14.2. The average molecular weight is 286 g/mol. The van der Waals surface area contributed by atoms with Crippen LogP contribution in [-0.2, 0) is 5.41 Å². The van der Waals surface area contributed by atoms with Gasteiger partial charge in [-0.25, -0.2) is 4.68 Å². The van der Waals surface area contributed by atoms with E-state index in [0.29, 0.717) is 10.8 Å². The van der Waals surface area contributed by atoms with Crippen LogP contribution in [0.1, 0.15) is 64.6 Å². The number of rotatable bonds is 1. The van der Waals surface area contributed by atoms with Gasteiger partial charge in [0, 0.05) is 5.41 Å². The molecule has 19 heavy (non-hydrogen) atoms. The number of aromatic nitrogens is 2. The molecule has 1 aliphatic rings. The van der Waals surface area contributed by atoms with Gasteiger partial charge in [-0.15, -0.1) is 0 Å². The molecule has 0 amide bonds. The maximum Gasteiger partial charge on any atom is 0.141 e. The predicted molar refractivity (Wildman–Crippen MR) is 78.5 cm³/mol. The maximum atomic E-state index is 10.3. The first-order valence-electron chi connectivity index (χ1n) is 7.04. The van der Waals surface area contributed by atoms with Crippen LogP contribution >= 0.6 is 11.6 Å². The summed E-state index contributed by atoms with van der Waals surface area (Å²) in [6, 6.07) is -0.0453. The molecule has 1 aliphatic carbocycles. The van der Waals surface area contributed by atoms with E-state index < -0.39 is 0 Å². The average Bonchev–Trinajstić information content (AvgIpc) is 2.50. The van der Waals surface area contributed by atoms with Gasteiger partial charge in [-0.1, -0.05) is 51.6 Å². The normalized spacial score (nSPS) is 25.3. The van der Waals surface area contributed by atoms with E-state index in [1.165, 1.54) is 0 Å². The van der Waals surface area contributed by atoms with Gasteiger partial charge in [0.2, 0.25) is 0 Å². The molecule has 0 saturated heterocycles. The molecule has 1 saturated carbocycles. The summed E-state index contributed by atoms with van der Waals surface area (Å²) in [6.45, 7) is 6.19. The molecule has 2 unspecified atom stereocenters. The summed E-state index contributed by atoms with van der Waals surface area (Å²) in [5.74, 6) is 0.484. The van der Waals surface area contributed by atoms with E-state index >= 15 is 0 Å². The molecule has 1 aromatic heterocycles. The number of nitrogen functional groups attached to an aromatic ring is 1. The SMILES string of the molecule is CC(C)(C)c1nn(C2CCCCCC2O)c(N)c1Cl. The van der Waals surface area contributed by atoms with E-state index in [-0.39, 0.29) is 17.6 Å². The molecule has 108 valence electrons.